The van der Waals surface area contributed by atoms with Gasteiger partial charge in [-0.05, 0) is 45.9 Å². The van der Waals surface area contributed by atoms with E-state index in [0.717, 1.165) is 32.7 Å². The zero-order valence-corrected chi connectivity index (χ0v) is 39.8. The van der Waals surface area contributed by atoms with E-state index in [1.165, 1.54) is 0 Å². The maximum Gasteiger partial charge on any atom is 0.226 e. The van der Waals surface area contributed by atoms with Crippen molar-refractivity contribution in [2.75, 3.05) is 103 Å². The summed E-state index contributed by atoms with van der Waals surface area (Å²) in [5.74, 6) is -1.13. The minimum atomic E-state index is -0.369. The van der Waals surface area contributed by atoms with Crippen LogP contribution >= 0.6 is 0 Å². The van der Waals surface area contributed by atoms with Gasteiger partial charge in [0.25, 0.3) is 0 Å². The Kier molecular flexibility index (Phi) is 20.5. The first-order valence-corrected chi connectivity index (χ1v) is 24.0. The van der Waals surface area contributed by atoms with E-state index in [1.807, 2.05) is 100 Å². The van der Waals surface area contributed by atoms with Crippen LogP contribution in [0, 0.1) is 23.7 Å². The highest BCUT2D eigenvalue weighted by Gasteiger charge is 2.46. The van der Waals surface area contributed by atoms with Gasteiger partial charge in [0.05, 0.1) is 117 Å². The quantitative estimate of drug-likeness (QED) is 0.0391. The van der Waals surface area contributed by atoms with E-state index in [9.17, 15) is 29.4 Å². The highest BCUT2D eigenvalue weighted by molar-refractivity contribution is 6.05. The number of benzene rings is 4. The van der Waals surface area contributed by atoms with Crippen molar-refractivity contribution in [1.29, 1.82) is 0 Å². The lowest BCUT2D eigenvalue weighted by molar-refractivity contribution is -0.124. The molecule has 16 heteroatoms. The van der Waals surface area contributed by atoms with Gasteiger partial charge in [-0.1, -0.05) is 88.4 Å². The molecule has 2 fully saturated rings. The molecule has 2 heterocycles. The molecule has 370 valence electrons. The Labute approximate surface area is 399 Å². The number of carbonyl (C=O) groups excluding carboxylic acids is 4. The highest BCUT2D eigenvalue weighted by Crippen LogP contribution is 2.44. The zero-order chi connectivity index (χ0) is 48.4. The molecule has 16 nitrogen and oxygen atoms in total. The van der Waals surface area contributed by atoms with Gasteiger partial charge in [0.2, 0.25) is 23.6 Å². The van der Waals surface area contributed by atoms with Crippen LogP contribution in [0.2, 0.25) is 0 Å². The Morgan fingerprint density at radius 3 is 1.10 bits per heavy atom. The SMILES string of the molecule is CC(C)[C@H]1C(=O)N[C@H](CO)[C@H]1c1ccc(NC(=O)CCOCCOCCOCCOCCOCCOCCC(=O)Nc2ccc([C@H]3[C@@H](C(C)C)C(=O)N[C@@H]3CO)c3ccccc23)c2ccccc12. The number of aliphatic hydroxyl groups is 2. The van der Waals surface area contributed by atoms with Crippen LogP contribution in [0.15, 0.2) is 72.8 Å². The van der Waals surface area contributed by atoms with Gasteiger partial charge in [-0.15, -0.1) is 0 Å². The Balaban J connectivity index is 0.748. The van der Waals surface area contributed by atoms with Crippen LogP contribution in [0.4, 0.5) is 11.4 Å². The lowest BCUT2D eigenvalue weighted by atomic mass is 9.77. The van der Waals surface area contributed by atoms with E-state index in [0.29, 0.717) is 77.4 Å². The fraction of sp³-hybridized carbons (Fsp3) is 0.538. The van der Waals surface area contributed by atoms with Crippen LogP contribution in [0.25, 0.3) is 21.5 Å². The van der Waals surface area contributed by atoms with Crippen molar-refractivity contribution < 1.29 is 57.8 Å². The monoisotopic (exact) mass is 942 g/mol. The second kappa shape index (κ2) is 26.6. The van der Waals surface area contributed by atoms with E-state index < -0.39 is 0 Å². The molecule has 2 aliphatic heterocycles. The number of aliphatic hydroxyl groups excluding tert-OH is 2. The minimum absolute atomic E-state index is 0.0444. The number of anilines is 2. The number of hydrogen-bond acceptors (Lipinski definition) is 12. The number of ether oxygens (including phenoxy) is 6. The number of amides is 4. The summed E-state index contributed by atoms with van der Waals surface area (Å²) in [6.45, 7) is 12.2. The second-order valence-electron chi connectivity index (χ2n) is 18.0. The third kappa shape index (κ3) is 13.8. The summed E-state index contributed by atoms with van der Waals surface area (Å²) in [7, 11) is 0. The van der Waals surface area contributed by atoms with Crippen LogP contribution in [0.5, 0.6) is 0 Å². The fourth-order valence-electron chi connectivity index (χ4n) is 9.54. The lowest BCUT2D eigenvalue weighted by Gasteiger charge is -2.26. The molecule has 6 atom stereocenters. The molecular weight excluding hydrogens is 873 g/mol. The third-order valence-electron chi connectivity index (χ3n) is 12.7. The Hall–Kier alpha value is -5.04. The maximum absolute atomic E-state index is 12.8. The lowest BCUT2D eigenvalue weighted by Crippen LogP contribution is -2.31. The molecule has 68 heavy (non-hydrogen) atoms. The molecule has 0 saturated carbocycles. The van der Waals surface area contributed by atoms with Crippen molar-refractivity contribution >= 4 is 56.5 Å². The highest BCUT2D eigenvalue weighted by atomic mass is 16.6. The van der Waals surface area contributed by atoms with Gasteiger partial charge in [0.15, 0.2) is 0 Å². The zero-order valence-electron chi connectivity index (χ0n) is 39.8. The summed E-state index contributed by atoms with van der Waals surface area (Å²) in [6, 6.07) is 22.5. The van der Waals surface area contributed by atoms with Crippen molar-refractivity contribution in [3.8, 4) is 0 Å². The summed E-state index contributed by atoms with van der Waals surface area (Å²) in [6.07, 6.45) is 0.354. The largest absolute Gasteiger partial charge is 0.394 e. The van der Waals surface area contributed by atoms with Gasteiger partial charge in [-0.25, -0.2) is 0 Å². The third-order valence-corrected chi connectivity index (χ3v) is 12.7. The normalized spacial score (nSPS) is 20.4. The summed E-state index contributed by atoms with van der Waals surface area (Å²) in [5.41, 5.74) is 3.31. The van der Waals surface area contributed by atoms with E-state index in [2.05, 4.69) is 21.3 Å². The molecule has 2 aliphatic rings. The molecule has 0 aliphatic carbocycles. The van der Waals surface area contributed by atoms with Gasteiger partial charge in [0, 0.05) is 45.8 Å². The molecule has 4 amide bonds. The van der Waals surface area contributed by atoms with Crippen LogP contribution in [-0.4, -0.2) is 138 Å². The van der Waals surface area contributed by atoms with Gasteiger partial charge in [-0.3, -0.25) is 19.2 Å². The van der Waals surface area contributed by atoms with Crippen molar-refractivity contribution in [3.05, 3.63) is 83.9 Å². The molecular formula is C52H70N4O12. The summed E-state index contributed by atoms with van der Waals surface area (Å²) in [4.78, 5) is 51.3. The number of nitrogens with one attached hydrogen (secondary N) is 4. The Morgan fingerprint density at radius 2 is 0.794 bits per heavy atom. The Morgan fingerprint density at radius 1 is 0.485 bits per heavy atom. The van der Waals surface area contributed by atoms with Gasteiger partial charge in [-0.2, -0.15) is 0 Å². The molecule has 0 aromatic heterocycles. The molecule has 6 rings (SSSR count). The van der Waals surface area contributed by atoms with Crippen molar-refractivity contribution in [2.24, 2.45) is 23.7 Å². The molecule has 4 aromatic carbocycles. The van der Waals surface area contributed by atoms with E-state index in [1.54, 1.807) is 0 Å². The summed E-state index contributed by atoms with van der Waals surface area (Å²) >= 11 is 0. The van der Waals surface area contributed by atoms with Crippen LogP contribution < -0.4 is 21.3 Å². The van der Waals surface area contributed by atoms with Gasteiger partial charge >= 0.3 is 0 Å². The van der Waals surface area contributed by atoms with E-state index in [4.69, 9.17) is 28.4 Å². The minimum Gasteiger partial charge on any atom is -0.394 e. The van der Waals surface area contributed by atoms with Gasteiger partial charge < -0.3 is 59.9 Å². The topological polar surface area (TPSA) is 212 Å². The summed E-state index contributed by atoms with van der Waals surface area (Å²) < 4.78 is 33.5. The van der Waals surface area contributed by atoms with Gasteiger partial charge in [0.1, 0.15) is 0 Å². The number of fused-ring (bicyclic) bond motifs is 2. The molecule has 0 unspecified atom stereocenters. The number of hydrogen-bond donors (Lipinski definition) is 6. The molecule has 0 radical (unpaired) electrons. The van der Waals surface area contributed by atoms with Crippen LogP contribution in [0.1, 0.15) is 63.5 Å². The predicted molar refractivity (Wildman–Crippen MR) is 259 cm³/mol. The van der Waals surface area contributed by atoms with Crippen molar-refractivity contribution in [1.82, 2.24) is 10.6 Å². The van der Waals surface area contributed by atoms with Crippen molar-refractivity contribution in [3.63, 3.8) is 0 Å². The molecule has 0 spiro atoms. The van der Waals surface area contributed by atoms with E-state index in [-0.39, 0.29) is 110 Å². The maximum atomic E-state index is 12.8. The van der Waals surface area contributed by atoms with Crippen LogP contribution in [-0.2, 0) is 47.6 Å². The average Bonchev–Trinajstić information content (AvgIpc) is 3.86. The fourth-order valence-corrected chi connectivity index (χ4v) is 9.54. The Bertz CT molecular complexity index is 2120. The van der Waals surface area contributed by atoms with Crippen LogP contribution in [0.3, 0.4) is 0 Å². The molecule has 0 bridgehead atoms. The first-order chi connectivity index (χ1) is 33.0. The van der Waals surface area contributed by atoms with Crippen molar-refractivity contribution in [2.45, 2.75) is 64.5 Å². The first-order valence-electron chi connectivity index (χ1n) is 24.0. The standard InChI is InChI=1S/C52H70N4O12/c1-33(2)47-49(43(31-57)55-51(47)61)39-13-15-41(37-11-7-5-9-35(37)39)53-45(59)17-19-63-21-23-65-25-27-67-29-30-68-28-26-66-24-22-64-20-18-46(60)54-42-16-14-40(36-10-6-8-12-38(36)42)50-44(32-58)56-52(62)48(50)34(3)4/h5-16,33-34,43-44,47-50,57-58H,17-32H2,1-4H3,(H,53,59)(H,54,60)(H,55,61)(H,56,62)/t43-,44-,47-,48-,49-,50-/m1/s1. The molecule has 4 aromatic rings. The smallest absolute Gasteiger partial charge is 0.226 e. The molecule has 2 saturated heterocycles. The van der Waals surface area contributed by atoms with E-state index >= 15 is 0 Å². The summed E-state index contributed by atoms with van der Waals surface area (Å²) in [5, 5.41) is 35.7. The first kappa shape index (κ1) is 52.3. The molecule has 6 N–H and O–H groups in total. The average molecular weight is 943 g/mol. The predicted octanol–water partition coefficient (Wildman–Crippen LogP) is 5.14. The number of carbonyl (C=O) groups is 4. The second-order valence-corrected chi connectivity index (χ2v) is 18.0. The number of rotatable bonds is 29.